The van der Waals surface area contributed by atoms with Crippen molar-refractivity contribution >= 4 is 8.56 Å². The fraction of sp³-hybridized carbons (Fsp3) is 1.00. The third-order valence-corrected chi connectivity index (χ3v) is 5.66. The Morgan fingerprint density at radius 2 is 1.60 bits per heavy atom. The van der Waals surface area contributed by atoms with Gasteiger partial charge in [-0.1, -0.05) is 13.8 Å². The maximum absolute atomic E-state index is 5.79. The van der Waals surface area contributed by atoms with Crippen molar-refractivity contribution in [2.24, 2.45) is 11.1 Å². The minimum absolute atomic E-state index is 0.197. The minimum Gasteiger partial charge on any atom is -0.395 e. The second-order valence-electron chi connectivity index (χ2n) is 4.87. The molecule has 0 aliphatic carbocycles. The number of hydrogen-bond donors (Lipinski definition) is 1. The van der Waals surface area contributed by atoms with Crippen LogP contribution in [0.25, 0.3) is 0 Å². The molecule has 15 heavy (non-hydrogen) atoms. The number of nitrogens with two attached hydrogens (primary N) is 1. The smallest absolute Gasteiger partial charge is 0.334 e. The Balaban J connectivity index is 4.17. The zero-order valence-corrected chi connectivity index (χ0v) is 11.9. The van der Waals surface area contributed by atoms with Gasteiger partial charge in [-0.15, -0.1) is 0 Å². The van der Waals surface area contributed by atoms with Gasteiger partial charge < -0.3 is 14.6 Å². The lowest BCUT2D eigenvalue weighted by atomic mass is 9.91. The molecule has 0 atom stereocenters. The first-order chi connectivity index (χ1) is 6.89. The summed E-state index contributed by atoms with van der Waals surface area (Å²) in [6.07, 6.45) is 1.08. The van der Waals surface area contributed by atoms with Gasteiger partial charge in [0.25, 0.3) is 0 Å². The number of rotatable bonds is 8. The molecule has 0 aliphatic heterocycles. The zero-order valence-electron chi connectivity index (χ0n) is 10.9. The van der Waals surface area contributed by atoms with Crippen LogP contribution >= 0.6 is 0 Å². The van der Waals surface area contributed by atoms with Crippen LogP contribution in [0.2, 0.25) is 12.6 Å². The van der Waals surface area contributed by atoms with Crippen LogP contribution < -0.4 is 5.73 Å². The summed E-state index contributed by atoms with van der Waals surface area (Å²) < 4.78 is 11.6. The van der Waals surface area contributed by atoms with Crippen LogP contribution in [0.5, 0.6) is 0 Å². The molecule has 0 aromatic heterocycles. The van der Waals surface area contributed by atoms with E-state index in [1.165, 1.54) is 0 Å². The Bertz CT molecular complexity index is 168. The second kappa shape index (κ2) is 6.63. The summed E-state index contributed by atoms with van der Waals surface area (Å²) in [4.78, 5) is 0. The van der Waals surface area contributed by atoms with Crippen molar-refractivity contribution in [2.75, 3.05) is 19.8 Å². The average molecular weight is 233 g/mol. The van der Waals surface area contributed by atoms with Gasteiger partial charge in [-0.25, -0.2) is 0 Å². The molecule has 0 rings (SSSR count). The Kier molecular flexibility index (Phi) is 6.67. The third kappa shape index (κ3) is 6.30. The Morgan fingerprint density at radius 1 is 1.13 bits per heavy atom. The predicted octanol–water partition coefficient (Wildman–Crippen LogP) is 2.51. The van der Waals surface area contributed by atoms with E-state index in [1.807, 2.05) is 13.8 Å². The zero-order chi connectivity index (χ0) is 11.9. The van der Waals surface area contributed by atoms with Crippen molar-refractivity contribution in [1.82, 2.24) is 0 Å². The quantitative estimate of drug-likeness (QED) is 0.655. The van der Waals surface area contributed by atoms with Crippen molar-refractivity contribution in [2.45, 2.75) is 46.7 Å². The van der Waals surface area contributed by atoms with E-state index in [0.717, 1.165) is 32.2 Å². The van der Waals surface area contributed by atoms with Gasteiger partial charge >= 0.3 is 8.56 Å². The molecule has 0 amide bonds. The molecule has 0 radical (unpaired) electrons. The van der Waals surface area contributed by atoms with Crippen molar-refractivity contribution in [1.29, 1.82) is 0 Å². The Hall–Kier alpha value is 0.0969. The van der Waals surface area contributed by atoms with Crippen LogP contribution in [-0.4, -0.2) is 28.3 Å². The van der Waals surface area contributed by atoms with E-state index < -0.39 is 8.56 Å². The molecular formula is C11H27NO2Si. The Morgan fingerprint density at radius 3 is 1.93 bits per heavy atom. The normalized spacial score (nSPS) is 13.2. The highest BCUT2D eigenvalue weighted by atomic mass is 28.4. The maximum atomic E-state index is 5.79. The predicted molar refractivity (Wildman–Crippen MR) is 67.1 cm³/mol. The lowest BCUT2D eigenvalue weighted by molar-refractivity contribution is 0.183. The molecule has 2 N–H and O–H groups in total. The second-order valence-corrected chi connectivity index (χ2v) is 8.21. The van der Waals surface area contributed by atoms with Gasteiger partial charge in [0.1, 0.15) is 0 Å². The molecular weight excluding hydrogens is 206 g/mol. The molecule has 92 valence electrons. The number of hydrogen-bond acceptors (Lipinski definition) is 3. The summed E-state index contributed by atoms with van der Waals surface area (Å²) >= 11 is 0. The van der Waals surface area contributed by atoms with Gasteiger partial charge in [-0.3, -0.25) is 0 Å². The fourth-order valence-electron chi connectivity index (χ4n) is 1.46. The average Bonchev–Trinajstić information content (AvgIpc) is 2.16. The highest BCUT2D eigenvalue weighted by Gasteiger charge is 2.32. The molecule has 0 aliphatic rings. The fourth-order valence-corrected chi connectivity index (χ4v) is 4.19. The van der Waals surface area contributed by atoms with E-state index in [1.54, 1.807) is 0 Å². The van der Waals surface area contributed by atoms with Gasteiger partial charge in [-0.2, -0.15) is 0 Å². The van der Waals surface area contributed by atoms with Crippen LogP contribution in [0.1, 0.15) is 34.1 Å². The molecule has 0 saturated carbocycles. The molecule has 0 bridgehead atoms. The highest BCUT2D eigenvalue weighted by molar-refractivity contribution is 6.66. The first kappa shape index (κ1) is 15.1. The van der Waals surface area contributed by atoms with Crippen molar-refractivity contribution in [3.8, 4) is 0 Å². The topological polar surface area (TPSA) is 44.5 Å². The summed E-state index contributed by atoms with van der Waals surface area (Å²) in [5, 5.41) is 0. The summed E-state index contributed by atoms with van der Waals surface area (Å²) in [6.45, 7) is 12.8. The molecule has 0 spiro atoms. The first-order valence-electron chi connectivity index (χ1n) is 5.87. The molecule has 0 unspecified atom stereocenters. The minimum atomic E-state index is -1.93. The third-order valence-electron chi connectivity index (χ3n) is 2.71. The summed E-state index contributed by atoms with van der Waals surface area (Å²) in [5.41, 5.74) is 5.91. The van der Waals surface area contributed by atoms with Crippen molar-refractivity contribution in [3.05, 3.63) is 0 Å². The van der Waals surface area contributed by atoms with Crippen LogP contribution in [0.4, 0.5) is 0 Å². The molecule has 0 saturated heterocycles. The van der Waals surface area contributed by atoms with E-state index in [-0.39, 0.29) is 5.41 Å². The van der Waals surface area contributed by atoms with Gasteiger partial charge in [0.05, 0.1) is 0 Å². The summed E-state index contributed by atoms with van der Waals surface area (Å²) in [5.74, 6) is 0. The van der Waals surface area contributed by atoms with Crippen LogP contribution in [0.3, 0.4) is 0 Å². The summed E-state index contributed by atoms with van der Waals surface area (Å²) in [6, 6.07) is 1.03. The largest absolute Gasteiger partial charge is 0.395 e. The molecule has 0 fully saturated rings. The van der Waals surface area contributed by atoms with Crippen LogP contribution in [0.15, 0.2) is 0 Å². The van der Waals surface area contributed by atoms with Crippen molar-refractivity contribution < 1.29 is 8.85 Å². The Labute approximate surface area is 95.6 Å². The van der Waals surface area contributed by atoms with E-state index in [2.05, 4.69) is 20.4 Å². The monoisotopic (exact) mass is 233 g/mol. The standard InChI is InChI=1S/C11H27NO2Si/c1-6-13-15(5,14-7-2)9-8-11(3,4)10-12/h6-10,12H2,1-5H3. The van der Waals surface area contributed by atoms with E-state index in [9.17, 15) is 0 Å². The van der Waals surface area contributed by atoms with E-state index in [4.69, 9.17) is 14.6 Å². The van der Waals surface area contributed by atoms with E-state index in [0.29, 0.717) is 0 Å². The van der Waals surface area contributed by atoms with Gasteiger partial charge in [0.15, 0.2) is 0 Å². The summed E-state index contributed by atoms with van der Waals surface area (Å²) in [7, 11) is -1.93. The van der Waals surface area contributed by atoms with E-state index >= 15 is 0 Å². The molecule has 0 aromatic rings. The molecule has 3 nitrogen and oxygen atoms in total. The van der Waals surface area contributed by atoms with Gasteiger partial charge in [0.2, 0.25) is 0 Å². The van der Waals surface area contributed by atoms with Crippen LogP contribution in [0, 0.1) is 5.41 Å². The van der Waals surface area contributed by atoms with Gasteiger partial charge in [0, 0.05) is 13.2 Å². The van der Waals surface area contributed by atoms with Crippen molar-refractivity contribution in [3.63, 3.8) is 0 Å². The van der Waals surface area contributed by atoms with Crippen LogP contribution in [-0.2, 0) is 8.85 Å². The molecule has 4 heteroatoms. The molecule has 0 heterocycles. The van der Waals surface area contributed by atoms with Gasteiger partial charge in [-0.05, 0) is 44.8 Å². The molecule has 0 aromatic carbocycles. The lowest BCUT2D eigenvalue weighted by Gasteiger charge is -2.30. The highest BCUT2D eigenvalue weighted by Crippen LogP contribution is 2.26. The maximum Gasteiger partial charge on any atom is 0.334 e. The first-order valence-corrected chi connectivity index (χ1v) is 8.39. The SMILES string of the molecule is CCO[Si](C)(CCC(C)(C)CN)OCC. The lowest BCUT2D eigenvalue weighted by Crippen LogP contribution is -2.40.